The summed E-state index contributed by atoms with van der Waals surface area (Å²) in [5, 5.41) is 2.17. The fraction of sp³-hybridized carbons (Fsp3) is 0.333. The van der Waals surface area contributed by atoms with E-state index in [9.17, 15) is 0 Å². The quantitative estimate of drug-likeness (QED) is 0.729. The van der Waals surface area contributed by atoms with E-state index in [0.29, 0.717) is 5.92 Å². The van der Waals surface area contributed by atoms with E-state index in [1.807, 2.05) is 18.2 Å². The average molecular weight is 253 g/mol. The zero-order chi connectivity index (χ0) is 10.1. The SMILES string of the molecule is Cc1c(C(C)CBr)oc2ccccc12. The number of hydrogen-bond acceptors (Lipinski definition) is 1. The topological polar surface area (TPSA) is 13.1 Å². The van der Waals surface area contributed by atoms with Gasteiger partial charge in [0.15, 0.2) is 0 Å². The number of benzene rings is 1. The third kappa shape index (κ3) is 1.48. The molecule has 0 amide bonds. The lowest BCUT2D eigenvalue weighted by atomic mass is 10.1. The minimum atomic E-state index is 0.433. The number of para-hydroxylation sites is 1. The first-order valence-corrected chi connectivity index (χ1v) is 5.90. The van der Waals surface area contributed by atoms with Crippen LogP contribution in [0.5, 0.6) is 0 Å². The van der Waals surface area contributed by atoms with Crippen LogP contribution in [0.1, 0.15) is 24.2 Å². The van der Waals surface area contributed by atoms with Crippen LogP contribution >= 0.6 is 15.9 Å². The Morgan fingerprint density at radius 1 is 1.36 bits per heavy atom. The molecule has 0 aliphatic rings. The molecule has 0 spiro atoms. The monoisotopic (exact) mass is 252 g/mol. The van der Waals surface area contributed by atoms with Crippen LogP contribution in [0.2, 0.25) is 0 Å². The summed E-state index contributed by atoms with van der Waals surface area (Å²) in [6, 6.07) is 8.19. The zero-order valence-corrected chi connectivity index (χ0v) is 9.97. The molecule has 2 rings (SSSR count). The molecule has 1 aromatic heterocycles. The molecule has 0 radical (unpaired) electrons. The van der Waals surface area contributed by atoms with Crippen molar-refractivity contribution >= 4 is 26.9 Å². The molecule has 1 aromatic carbocycles. The van der Waals surface area contributed by atoms with E-state index in [1.54, 1.807) is 0 Å². The van der Waals surface area contributed by atoms with Crippen molar-refractivity contribution in [3.63, 3.8) is 0 Å². The van der Waals surface area contributed by atoms with E-state index < -0.39 is 0 Å². The lowest BCUT2D eigenvalue weighted by molar-refractivity contribution is 0.521. The second-order valence-electron chi connectivity index (χ2n) is 3.64. The molecule has 2 heteroatoms. The van der Waals surface area contributed by atoms with E-state index in [1.165, 1.54) is 10.9 Å². The lowest BCUT2D eigenvalue weighted by Crippen LogP contribution is -1.93. The number of fused-ring (bicyclic) bond motifs is 1. The smallest absolute Gasteiger partial charge is 0.134 e. The highest BCUT2D eigenvalue weighted by Gasteiger charge is 2.14. The van der Waals surface area contributed by atoms with Crippen molar-refractivity contribution in [2.75, 3.05) is 5.33 Å². The highest BCUT2D eigenvalue weighted by atomic mass is 79.9. The van der Waals surface area contributed by atoms with Gasteiger partial charge in [-0.2, -0.15) is 0 Å². The van der Waals surface area contributed by atoms with Crippen LogP contribution < -0.4 is 0 Å². The van der Waals surface area contributed by atoms with E-state index >= 15 is 0 Å². The van der Waals surface area contributed by atoms with Crippen LogP contribution in [0.4, 0.5) is 0 Å². The molecule has 1 unspecified atom stereocenters. The normalized spacial score (nSPS) is 13.4. The van der Waals surface area contributed by atoms with Crippen molar-refractivity contribution in [3.8, 4) is 0 Å². The van der Waals surface area contributed by atoms with Crippen molar-refractivity contribution < 1.29 is 4.42 Å². The summed E-state index contributed by atoms with van der Waals surface area (Å²) in [6.07, 6.45) is 0. The number of hydrogen-bond donors (Lipinski definition) is 0. The molecule has 0 N–H and O–H groups in total. The Bertz CT molecular complexity index is 445. The molecule has 74 valence electrons. The number of rotatable bonds is 2. The largest absolute Gasteiger partial charge is 0.460 e. The molecule has 2 aromatic rings. The van der Waals surface area contributed by atoms with Gasteiger partial charge in [0.05, 0.1) is 0 Å². The molecular formula is C12H13BrO. The van der Waals surface area contributed by atoms with E-state index in [-0.39, 0.29) is 0 Å². The predicted octanol–water partition coefficient (Wildman–Crippen LogP) is 4.24. The second kappa shape index (κ2) is 3.77. The van der Waals surface area contributed by atoms with Gasteiger partial charge >= 0.3 is 0 Å². The summed E-state index contributed by atoms with van der Waals surface area (Å²) in [5.41, 5.74) is 2.26. The number of aryl methyl sites for hydroxylation is 1. The van der Waals surface area contributed by atoms with Crippen LogP contribution in [0.25, 0.3) is 11.0 Å². The summed E-state index contributed by atoms with van der Waals surface area (Å²) in [4.78, 5) is 0. The van der Waals surface area contributed by atoms with Crippen molar-refractivity contribution in [2.45, 2.75) is 19.8 Å². The van der Waals surface area contributed by atoms with Crippen molar-refractivity contribution in [3.05, 3.63) is 35.6 Å². The van der Waals surface area contributed by atoms with Crippen LogP contribution in [-0.2, 0) is 0 Å². The maximum Gasteiger partial charge on any atom is 0.134 e. The summed E-state index contributed by atoms with van der Waals surface area (Å²) in [6.45, 7) is 4.29. The maximum atomic E-state index is 5.82. The molecule has 0 fully saturated rings. The average Bonchev–Trinajstić information content (AvgIpc) is 2.56. The van der Waals surface area contributed by atoms with E-state index in [4.69, 9.17) is 4.42 Å². The highest BCUT2D eigenvalue weighted by molar-refractivity contribution is 9.09. The summed E-state index contributed by atoms with van der Waals surface area (Å²) in [7, 11) is 0. The fourth-order valence-electron chi connectivity index (χ4n) is 1.73. The van der Waals surface area contributed by atoms with Crippen LogP contribution in [-0.4, -0.2) is 5.33 Å². The van der Waals surface area contributed by atoms with Gasteiger partial charge in [0.25, 0.3) is 0 Å². The summed E-state index contributed by atoms with van der Waals surface area (Å²) >= 11 is 3.48. The van der Waals surface area contributed by atoms with Crippen molar-refractivity contribution in [2.24, 2.45) is 0 Å². The number of furan rings is 1. The Morgan fingerprint density at radius 2 is 2.07 bits per heavy atom. The Kier molecular flexibility index (Phi) is 2.64. The van der Waals surface area contributed by atoms with Crippen molar-refractivity contribution in [1.82, 2.24) is 0 Å². The van der Waals surface area contributed by atoms with Gasteiger partial charge in [-0.15, -0.1) is 0 Å². The fourth-order valence-corrected chi connectivity index (χ4v) is 2.03. The first-order chi connectivity index (χ1) is 6.74. The van der Waals surface area contributed by atoms with Crippen LogP contribution in [0, 0.1) is 6.92 Å². The predicted molar refractivity (Wildman–Crippen MR) is 63.2 cm³/mol. The summed E-state index contributed by atoms with van der Waals surface area (Å²) < 4.78 is 5.82. The number of halogens is 1. The number of alkyl halides is 1. The highest BCUT2D eigenvalue weighted by Crippen LogP contribution is 2.30. The van der Waals surface area contributed by atoms with Gasteiger partial charge in [-0.05, 0) is 18.6 Å². The lowest BCUT2D eigenvalue weighted by Gasteiger charge is -2.03. The molecule has 0 saturated heterocycles. The van der Waals surface area contributed by atoms with Crippen LogP contribution in [0.15, 0.2) is 28.7 Å². The Morgan fingerprint density at radius 3 is 2.71 bits per heavy atom. The second-order valence-corrected chi connectivity index (χ2v) is 4.29. The maximum absolute atomic E-state index is 5.82. The van der Waals surface area contributed by atoms with Gasteiger partial charge in [-0.25, -0.2) is 0 Å². The van der Waals surface area contributed by atoms with Gasteiger partial charge in [0.2, 0.25) is 0 Å². The van der Waals surface area contributed by atoms with E-state index in [0.717, 1.165) is 16.7 Å². The first kappa shape index (κ1) is 9.78. The molecular weight excluding hydrogens is 240 g/mol. The van der Waals surface area contributed by atoms with Gasteiger partial charge in [0.1, 0.15) is 11.3 Å². The standard InChI is InChI=1S/C12H13BrO/c1-8(7-13)12-9(2)10-5-3-4-6-11(10)14-12/h3-6,8H,7H2,1-2H3. The molecule has 0 saturated carbocycles. The van der Waals surface area contributed by atoms with Gasteiger partial charge in [-0.1, -0.05) is 41.1 Å². The van der Waals surface area contributed by atoms with Crippen LogP contribution in [0.3, 0.4) is 0 Å². The molecule has 0 aliphatic carbocycles. The molecule has 1 nitrogen and oxygen atoms in total. The first-order valence-electron chi connectivity index (χ1n) is 4.78. The molecule has 1 heterocycles. The van der Waals surface area contributed by atoms with Gasteiger partial charge in [0, 0.05) is 16.6 Å². The Hall–Kier alpha value is -0.760. The summed E-state index contributed by atoms with van der Waals surface area (Å²) in [5.74, 6) is 1.53. The molecule has 0 bridgehead atoms. The molecule has 1 atom stereocenters. The Labute approximate surface area is 92.2 Å². The van der Waals surface area contributed by atoms with Gasteiger partial charge < -0.3 is 4.42 Å². The Balaban J connectivity index is 2.62. The van der Waals surface area contributed by atoms with Gasteiger partial charge in [-0.3, -0.25) is 0 Å². The third-order valence-corrected chi connectivity index (χ3v) is 3.53. The van der Waals surface area contributed by atoms with E-state index in [2.05, 4.69) is 35.8 Å². The minimum absolute atomic E-state index is 0.433. The zero-order valence-electron chi connectivity index (χ0n) is 8.38. The third-order valence-electron chi connectivity index (χ3n) is 2.56. The van der Waals surface area contributed by atoms with Crippen molar-refractivity contribution in [1.29, 1.82) is 0 Å². The minimum Gasteiger partial charge on any atom is -0.460 e. The molecule has 0 aliphatic heterocycles. The molecule has 14 heavy (non-hydrogen) atoms.